The average molecular weight is 320 g/mol. The van der Waals surface area contributed by atoms with E-state index in [1.807, 2.05) is 0 Å². The number of nitro groups is 1. The van der Waals surface area contributed by atoms with Gasteiger partial charge in [0, 0.05) is 10.5 Å². The van der Waals surface area contributed by atoms with Crippen LogP contribution in [0.25, 0.3) is 0 Å². The number of thioether (sulfide) groups is 1. The van der Waals surface area contributed by atoms with Crippen LogP contribution in [-0.4, -0.2) is 20.7 Å². The highest BCUT2D eigenvalue weighted by Gasteiger charge is 2.31. The largest absolute Gasteiger partial charge is 0.480 e. The second-order valence-corrected chi connectivity index (χ2v) is 6.37. The van der Waals surface area contributed by atoms with Crippen LogP contribution in [0, 0.1) is 10.1 Å². The van der Waals surface area contributed by atoms with E-state index in [1.165, 1.54) is 19.9 Å². The maximum absolute atomic E-state index is 11.0. The maximum Gasteiger partial charge on any atom is 0.319 e. The van der Waals surface area contributed by atoms with Gasteiger partial charge in [0.05, 0.1) is 9.82 Å². The summed E-state index contributed by atoms with van der Waals surface area (Å²) in [6, 6.07) is 4.45. The fourth-order valence-corrected chi connectivity index (χ4v) is 2.62. The molecule has 1 N–H and O–H groups in total. The normalized spacial score (nSPS) is 11.2. The van der Waals surface area contributed by atoms with E-state index >= 15 is 0 Å². The molecule has 0 saturated carbocycles. The van der Waals surface area contributed by atoms with Gasteiger partial charge in [-0.25, -0.2) is 0 Å². The lowest BCUT2D eigenvalue weighted by Crippen LogP contribution is -2.27. The van der Waals surface area contributed by atoms with Crippen molar-refractivity contribution < 1.29 is 14.8 Å². The third kappa shape index (κ3) is 3.44. The molecule has 17 heavy (non-hydrogen) atoms. The van der Waals surface area contributed by atoms with E-state index in [1.54, 1.807) is 12.1 Å². The van der Waals surface area contributed by atoms with Crippen molar-refractivity contribution in [1.29, 1.82) is 0 Å². The smallest absolute Gasteiger partial charge is 0.319 e. The predicted molar refractivity (Wildman–Crippen MR) is 68.4 cm³/mol. The minimum Gasteiger partial charge on any atom is -0.480 e. The molecule has 1 rings (SSSR count). The molecule has 0 unspecified atom stereocenters. The molecule has 0 aliphatic carbocycles. The molecular weight excluding hydrogens is 310 g/mol. The highest BCUT2D eigenvalue weighted by molar-refractivity contribution is 9.10. The summed E-state index contributed by atoms with van der Waals surface area (Å²) in [6.45, 7) is 3.01. The van der Waals surface area contributed by atoms with Crippen LogP contribution in [0.5, 0.6) is 0 Å². The van der Waals surface area contributed by atoms with E-state index in [-0.39, 0.29) is 5.69 Å². The number of benzene rings is 1. The van der Waals surface area contributed by atoms with E-state index in [2.05, 4.69) is 15.9 Å². The monoisotopic (exact) mass is 319 g/mol. The highest BCUT2D eigenvalue weighted by Crippen LogP contribution is 2.39. The molecule has 1 aromatic rings. The number of nitro benzene ring substituents is 1. The van der Waals surface area contributed by atoms with E-state index < -0.39 is 15.6 Å². The van der Waals surface area contributed by atoms with Crippen LogP contribution in [0.15, 0.2) is 27.6 Å². The fourth-order valence-electron chi connectivity index (χ4n) is 1.04. The van der Waals surface area contributed by atoms with E-state index in [4.69, 9.17) is 5.11 Å². The van der Waals surface area contributed by atoms with Crippen molar-refractivity contribution in [1.82, 2.24) is 0 Å². The molecule has 0 saturated heterocycles. The van der Waals surface area contributed by atoms with Crippen molar-refractivity contribution in [3.8, 4) is 0 Å². The second-order valence-electron chi connectivity index (χ2n) is 3.79. The first-order valence-electron chi connectivity index (χ1n) is 4.60. The van der Waals surface area contributed by atoms with E-state index in [0.717, 1.165) is 11.8 Å². The van der Waals surface area contributed by atoms with Crippen LogP contribution < -0.4 is 0 Å². The van der Waals surface area contributed by atoms with Crippen molar-refractivity contribution >= 4 is 39.3 Å². The summed E-state index contributed by atoms with van der Waals surface area (Å²) in [6.07, 6.45) is 0. The van der Waals surface area contributed by atoms with Gasteiger partial charge < -0.3 is 5.11 Å². The number of carboxylic acid groups (broad SMARTS) is 1. The van der Waals surface area contributed by atoms with Crippen molar-refractivity contribution in [2.24, 2.45) is 0 Å². The molecule has 0 aliphatic heterocycles. The average Bonchev–Trinajstić information content (AvgIpc) is 2.15. The molecule has 0 aliphatic rings. The molecule has 7 heteroatoms. The lowest BCUT2D eigenvalue weighted by Gasteiger charge is -2.18. The summed E-state index contributed by atoms with van der Waals surface area (Å²) in [4.78, 5) is 21.6. The lowest BCUT2D eigenvalue weighted by molar-refractivity contribution is -0.387. The first-order valence-corrected chi connectivity index (χ1v) is 6.21. The molecule has 0 bridgehead atoms. The van der Waals surface area contributed by atoms with Gasteiger partial charge in [0.1, 0.15) is 4.75 Å². The lowest BCUT2D eigenvalue weighted by atomic mass is 10.2. The van der Waals surface area contributed by atoms with Gasteiger partial charge in [0.2, 0.25) is 0 Å². The predicted octanol–water partition coefficient (Wildman–Crippen LogP) is 3.31. The van der Waals surface area contributed by atoms with Gasteiger partial charge >= 0.3 is 5.97 Å². The Morgan fingerprint density at radius 2 is 2.12 bits per heavy atom. The zero-order chi connectivity index (χ0) is 13.2. The molecule has 0 heterocycles. The van der Waals surface area contributed by atoms with Crippen molar-refractivity contribution in [3.05, 3.63) is 32.8 Å². The van der Waals surface area contributed by atoms with Gasteiger partial charge in [-0.1, -0.05) is 15.9 Å². The van der Waals surface area contributed by atoms with Gasteiger partial charge in [-0.2, -0.15) is 0 Å². The van der Waals surface area contributed by atoms with Gasteiger partial charge in [-0.3, -0.25) is 14.9 Å². The van der Waals surface area contributed by atoms with Crippen molar-refractivity contribution in [2.45, 2.75) is 23.5 Å². The minimum absolute atomic E-state index is 0.0903. The maximum atomic E-state index is 11.0. The van der Waals surface area contributed by atoms with E-state index in [0.29, 0.717) is 9.37 Å². The summed E-state index contributed by atoms with van der Waals surface area (Å²) in [5.41, 5.74) is -0.0903. The first-order chi connectivity index (χ1) is 7.74. The third-order valence-electron chi connectivity index (χ3n) is 2.00. The highest BCUT2D eigenvalue weighted by atomic mass is 79.9. The second kappa shape index (κ2) is 5.05. The van der Waals surface area contributed by atoms with Crippen LogP contribution in [0.3, 0.4) is 0 Å². The molecule has 5 nitrogen and oxygen atoms in total. The molecule has 0 fully saturated rings. The number of aliphatic carboxylic acids is 1. The SMILES string of the molecule is CC(C)(Sc1cc(Br)ccc1[N+](=O)[O-])C(=O)O. The minimum atomic E-state index is -1.12. The number of hydrogen-bond acceptors (Lipinski definition) is 4. The van der Waals surface area contributed by atoms with Crippen LogP contribution in [-0.2, 0) is 4.79 Å². The Hall–Kier alpha value is -1.08. The quantitative estimate of drug-likeness (QED) is 0.523. The Bertz CT molecular complexity index is 475. The summed E-state index contributed by atoms with van der Waals surface area (Å²) in [5, 5.41) is 19.8. The molecule has 0 radical (unpaired) electrons. The molecule has 92 valence electrons. The van der Waals surface area contributed by atoms with Crippen LogP contribution in [0.1, 0.15) is 13.8 Å². The Labute approximate surface area is 110 Å². The fraction of sp³-hybridized carbons (Fsp3) is 0.300. The zero-order valence-electron chi connectivity index (χ0n) is 9.14. The number of carbonyl (C=O) groups is 1. The van der Waals surface area contributed by atoms with Gasteiger partial charge in [0.15, 0.2) is 0 Å². The molecule has 0 spiro atoms. The number of carboxylic acids is 1. The van der Waals surface area contributed by atoms with Gasteiger partial charge in [-0.05, 0) is 26.0 Å². The summed E-state index contributed by atoms with van der Waals surface area (Å²) >= 11 is 4.16. The Balaban J connectivity index is 3.17. The summed E-state index contributed by atoms with van der Waals surface area (Å²) in [7, 11) is 0. The Morgan fingerprint density at radius 3 is 2.59 bits per heavy atom. The molecule has 0 atom stereocenters. The molecule has 0 aromatic heterocycles. The van der Waals surface area contributed by atoms with Gasteiger partial charge in [0.25, 0.3) is 5.69 Å². The molecular formula is C10H10BrNO4S. The van der Waals surface area contributed by atoms with E-state index in [9.17, 15) is 14.9 Å². The number of halogens is 1. The molecule has 1 aromatic carbocycles. The topological polar surface area (TPSA) is 80.4 Å². The zero-order valence-corrected chi connectivity index (χ0v) is 11.5. The van der Waals surface area contributed by atoms with Crippen LogP contribution in [0.4, 0.5) is 5.69 Å². The van der Waals surface area contributed by atoms with Gasteiger partial charge in [-0.15, -0.1) is 11.8 Å². The summed E-state index contributed by atoms with van der Waals surface area (Å²) < 4.78 is -0.447. The standard InChI is InChI=1S/C10H10BrNO4S/c1-10(2,9(13)14)17-8-5-6(11)3-4-7(8)12(15)16/h3-5H,1-2H3,(H,13,14). The first kappa shape index (κ1) is 14.0. The van der Waals surface area contributed by atoms with Crippen molar-refractivity contribution in [2.75, 3.05) is 0 Å². The Morgan fingerprint density at radius 1 is 1.53 bits per heavy atom. The third-order valence-corrected chi connectivity index (χ3v) is 3.72. The van der Waals surface area contributed by atoms with Crippen molar-refractivity contribution in [3.63, 3.8) is 0 Å². The number of nitrogens with zero attached hydrogens (tertiary/aromatic N) is 1. The number of hydrogen-bond donors (Lipinski definition) is 1. The number of rotatable bonds is 4. The molecule has 0 amide bonds. The van der Waals surface area contributed by atoms with Crippen LogP contribution in [0.2, 0.25) is 0 Å². The van der Waals surface area contributed by atoms with Crippen LogP contribution >= 0.6 is 27.7 Å². The Kier molecular flexibility index (Phi) is 4.16. The summed E-state index contributed by atoms with van der Waals surface area (Å²) in [5.74, 6) is -1.02.